The van der Waals surface area contributed by atoms with Gasteiger partial charge in [-0.1, -0.05) is 18.2 Å². The Bertz CT molecular complexity index is 1880. The van der Waals surface area contributed by atoms with Crippen LogP contribution in [0.5, 0.6) is 0 Å². The van der Waals surface area contributed by atoms with Crippen LogP contribution in [0.15, 0.2) is 85.6 Å². The number of hydrogen-bond donors (Lipinski definition) is 4. The number of azo groups is 1. The molecule has 4 rings (SSSR count). The Morgan fingerprint density at radius 3 is 1.91 bits per heavy atom. The van der Waals surface area contributed by atoms with Crippen LogP contribution in [0.3, 0.4) is 0 Å². The summed E-state index contributed by atoms with van der Waals surface area (Å²) in [4.78, 5) is -1.72. The van der Waals surface area contributed by atoms with Crippen molar-refractivity contribution in [3.8, 4) is 0 Å². The first-order chi connectivity index (χ1) is 16.2. The summed E-state index contributed by atoms with van der Waals surface area (Å²) in [6.45, 7) is 0. The lowest BCUT2D eigenvalue weighted by molar-refractivity contribution is 0.481. The third-order valence-electron chi connectivity index (χ3n) is 5.03. The molecule has 0 spiro atoms. The molecule has 5 N–H and O–H groups in total. The summed E-state index contributed by atoms with van der Waals surface area (Å²) in [5.74, 6) is 0. The molecule has 0 amide bonds. The van der Waals surface area contributed by atoms with Gasteiger partial charge in [0.15, 0.2) is 0 Å². The monoisotopic (exact) mass is 537 g/mol. The van der Waals surface area contributed by atoms with Crippen LogP contribution in [-0.4, -0.2) is 38.9 Å². The Hall–Kier alpha value is -3.47. The van der Waals surface area contributed by atoms with Crippen LogP contribution in [0.4, 0.5) is 17.1 Å². The van der Waals surface area contributed by atoms with Crippen LogP contribution in [0.1, 0.15) is 0 Å². The molecule has 35 heavy (non-hydrogen) atoms. The van der Waals surface area contributed by atoms with Crippen molar-refractivity contribution in [2.45, 2.75) is 14.7 Å². The van der Waals surface area contributed by atoms with E-state index in [2.05, 4.69) is 10.2 Å². The lowest BCUT2D eigenvalue weighted by Crippen LogP contribution is -2.03. The average molecular weight is 538 g/mol. The largest absolute Gasteiger partial charge is 0.398 e. The van der Waals surface area contributed by atoms with Gasteiger partial charge in [0.25, 0.3) is 30.4 Å². The highest BCUT2D eigenvalue weighted by Gasteiger charge is 2.21. The lowest BCUT2D eigenvalue weighted by Gasteiger charge is -2.09. The van der Waals surface area contributed by atoms with Gasteiger partial charge in [-0.3, -0.25) is 13.7 Å². The van der Waals surface area contributed by atoms with E-state index in [1.165, 1.54) is 30.3 Å². The number of nitrogens with zero attached hydrogens (tertiary/aromatic N) is 2. The third-order valence-corrected chi connectivity index (χ3v) is 7.68. The molecule has 0 aromatic heterocycles. The Balaban J connectivity index is 1.97. The Morgan fingerprint density at radius 1 is 0.600 bits per heavy atom. The molecule has 0 saturated carbocycles. The van der Waals surface area contributed by atoms with Crippen molar-refractivity contribution >= 4 is 69.0 Å². The van der Waals surface area contributed by atoms with Crippen molar-refractivity contribution < 1.29 is 38.9 Å². The SMILES string of the molecule is Nc1ccc(N=Nc2cc(S(=O)(=O)O)c3cccc(S(=O)(=O)O)c3c2)c2cc(S(=O)(=O)O)ccc12. The molecule has 12 nitrogen and oxygen atoms in total. The molecule has 0 unspecified atom stereocenters. The maximum Gasteiger partial charge on any atom is 0.295 e. The maximum absolute atomic E-state index is 12.0. The Kier molecular flexibility index (Phi) is 5.87. The molecule has 0 aliphatic carbocycles. The summed E-state index contributed by atoms with van der Waals surface area (Å²) in [7, 11) is -14.2. The van der Waals surface area contributed by atoms with E-state index >= 15 is 0 Å². The second-order valence-electron chi connectivity index (χ2n) is 7.30. The van der Waals surface area contributed by atoms with Gasteiger partial charge in [-0.05, 0) is 42.5 Å². The summed E-state index contributed by atoms with van der Waals surface area (Å²) >= 11 is 0. The van der Waals surface area contributed by atoms with Gasteiger partial charge in [0.2, 0.25) is 0 Å². The fraction of sp³-hybridized carbons (Fsp3) is 0. The molecule has 4 aromatic rings. The maximum atomic E-state index is 12.0. The predicted molar refractivity (Wildman–Crippen MR) is 126 cm³/mol. The molecule has 0 fully saturated rings. The number of nitrogen functional groups attached to an aromatic ring is 1. The molecular formula is C20H15N3O9S3. The molecule has 15 heteroatoms. The smallest absolute Gasteiger partial charge is 0.295 e. The van der Waals surface area contributed by atoms with Gasteiger partial charge in [-0.2, -0.15) is 30.4 Å². The van der Waals surface area contributed by atoms with E-state index in [-0.39, 0.29) is 33.2 Å². The summed E-state index contributed by atoms with van der Waals surface area (Å²) in [6, 6.07) is 12.0. The molecule has 0 radical (unpaired) electrons. The summed E-state index contributed by atoms with van der Waals surface area (Å²) in [5, 5.41) is 8.07. The zero-order valence-corrected chi connectivity index (χ0v) is 19.7. The highest BCUT2D eigenvalue weighted by atomic mass is 32.2. The normalized spacial score (nSPS) is 13.1. The first-order valence-corrected chi connectivity index (χ1v) is 13.7. The number of fused-ring (bicyclic) bond motifs is 2. The highest BCUT2D eigenvalue weighted by molar-refractivity contribution is 7.86. The van der Waals surface area contributed by atoms with Crippen LogP contribution >= 0.6 is 0 Å². The van der Waals surface area contributed by atoms with Gasteiger partial charge in [0.1, 0.15) is 9.79 Å². The topological polar surface area (TPSA) is 214 Å². The van der Waals surface area contributed by atoms with Crippen molar-refractivity contribution in [3.63, 3.8) is 0 Å². The Labute approximate surface area is 199 Å². The third kappa shape index (κ3) is 4.86. The quantitative estimate of drug-likeness (QED) is 0.164. The van der Waals surface area contributed by atoms with E-state index in [0.717, 1.165) is 30.3 Å². The number of rotatable bonds is 5. The van der Waals surface area contributed by atoms with Gasteiger partial charge < -0.3 is 5.73 Å². The van der Waals surface area contributed by atoms with Crippen molar-refractivity contribution in [2.75, 3.05) is 5.73 Å². The fourth-order valence-electron chi connectivity index (χ4n) is 3.50. The standard InChI is InChI=1S/C20H15N3O9S3/c21-17-6-7-18(15-10-12(33(24,25)26)4-5-13(15)17)23-22-11-8-16-14(20(9-11)35(30,31)32)2-1-3-19(16)34(27,28)29/h1-10H,21H2,(H,24,25,26)(H,27,28,29)(H,30,31,32). The summed E-state index contributed by atoms with van der Waals surface area (Å²) in [6.07, 6.45) is 0. The van der Waals surface area contributed by atoms with Gasteiger partial charge in [-0.25, -0.2) is 0 Å². The van der Waals surface area contributed by atoms with Gasteiger partial charge in [0.05, 0.1) is 16.3 Å². The molecule has 0 aliphatic heterocycles. The van der Waals surface area contributed by atoms with Crippen LogP contribution in [0.2, 0.25) is 0 Å². The van der Waals surface area contributed by atoms with Gasteiger partial charge in [0, 0.05) is 27.2 Å². The summed E-state index contributed by atoms with van der Waals surface area (Å²) in [5.41, 5.74) is 6.06. The highest BCUT2D eigenvalue weighted by Crippen LogP contribution is 2.36. The number of anilines is 1. The van der Waals surface area contributed by atoms with Gasteiger partial charge >= 0.3 is 0 Å². The van der Waals surface area contributed by atoms with E-state index < -0.39 is 45.0 Å². The molecular weight excluding hydrogens is 522 g/mol. The average Bonchev–Trinajstić information content (AvgIpc) is 2.75. The lowest BCUT2D eigenvalue weighted by atomic mass is 10.1. The van der Waals surface area contributed by atoms with E-state index in [4.69, 9.17) is 5.73 Å². The number of benzene rings is 4. The molecule has 4 aromatic carbocycles. The van der Waals surface area contributed by atoms with Crippen LogP contribution in [0.25, 0.3) is 21.5 Å². The van der Waals surface area contributed by atoms with Crippen molar-refractivity contribution in [1.29, 1.82) is 0 Å². The number of hydrogen-bond acceptors (Lipinski definition) is 9. The van der Waals surface area contributed by atoms with Crippen LogP contribution in [0, 0.1) is 0 Å². The van der Waals surface area contributed by atoms with Crippen molar-refractivity contribution in [3.05, 3.63) is 60.7 Å². The molecule has 182 valence electrons. The number of nitrogens with two attached hydrogens (primary N) is 1. The van der Waals surface area contributed by atoms with Gasteiger partial charge in [-0.15, -0.1) is 5.11 Å². The molecule has 0 aliphatic rings. The first kappa shape index (κ1) is 24.6. The van der Waals surface area contributed by atoms with E-state index in [0.29, 0.717) is 5.39 Å². The van der Waals surface area contributed by atoms with E-state index in [9.17, 15) is 38.9 Å². The van der Waals surface area contributed by atoms with E-state index in [1.807, 2.05) is 0 Å². The fourth-order valence-corrected chi connectivity index (χ4v) is 5.43. The van der Waals surface area contributed by atoms with E-state index in [1.54, 1.807) is 0 Å². The summed E-state index contributed by atoms with van der Waals surface area (Å²) < 4.78 is 99.1. The predicted octanol–water partition coefficient (Wildman–Crippen LogP) is 3.73. The second-order valence-corrected chi connectivity index (χ2v) is 11.5. The second kappa shape index (κ2) is 8.33. The minimum absolute atomic E-state index is 0.0799. The first-order valence-electron chi connectivity index (χ1n) is 9.39. The minimum atomic E-state index is -4.85. The molecule has 0 heterocycles. The molecule has 0 bridgehead atoms. The van der Waals surface area contributed by atoms with Crippen molar-refractivity contribution in [1.82, 2.24) is 0 Å². The van der Waals surface area contributed by atoms with Crippen LogP contribution in [-0.2, 0) is 30.4 Å². The van der Waals surface area contributed by atoms with Crippen LogP contribution < -0.4 is 5.73 Å². The molecule has 0 atom stereocenters. The Morgan fingerprint density at radius 2 is 1.29 bits per heavy atom. The van der Waals surface area contributed by atoms with Crippen molar-refractivity contribution in [2.24, 2.45) is 10.2 Å². The zero-order valence-electron chi connectivity index (χ0n) is 17.3. The zero-order chi connectivity index (χ0) is 25.8. The molecule has 0 saturated heterocycles. The minimum Gasteiger partial charge on any atom is -0.398 e.